The maximum absolute atomic E-state index is 5.75. The fourth-order valence-corrected chi connectivity index (χ4v) is 3.67. The van der Waals surface area contributed by atoms with Crippen molar-refractivity contribution in [3.63, 3.8) is 0 Å². The number of aryl methyl sites for hydroxylation is 2. The van der Waals surface area contributed by atoms with Gasteiger partial charge in [0.25, 0.3) is 0 Å². The standard InChI is InChI=1S/C25H24N8/c1-14-12-23(33-25(26)28-14)30-19-8-9-21-22(13-19)32-24(31-21)17-4-6-18(7-5-17)29-20-10-11-27-16(3)15(20)2/h4-13H,1-3H3,(H,27,29)(H,31,32)(H3,26,28,30,33). The van der Waals surface area contributed by atoms with E-state index in [4.69, 9.17) is 10.7 Å². The fourth-order valence-electron chi connectivity index (χ4n) is 3.67. The molecule has 0 aliphatic carbocycles. The minimum absolute atomic E-state index is 0.243. The molecule has 0 amide bonds. The number of anilines is 5. The van der Waals surface area contributed by atoms with Crippen LogP contribution in [0.25, 0.3) is 22.4 Å². The highest BCUT2D eigenvalue weighted by Gasteiger charge is 2.08. The van der Waals surface area contributed by atoms with Gasteiger partial charge in [0, 0.05) is 46.3 Å². The molecular formula is C25H24N8. The maximum atomic E-state index is 5.75. The molecule has 8 heteroatoms. The van der Waals surface area contributed by atoms with Crippen LogP contribution in [-0.4, -0.2) is 24.9 Å². The molecule has 5 N–H and O–H groups in total. The van der Waals surface area contributed by atoms with Crippen molar-refractivity contribution < 1.29 is 0 Å². The SMILES string of the molecule is Cc1cc(Nc2ccc3[nH]c(-c4ccc(Nc5ccnc(C)c5C)cc4)nc3c2)nc(N)n1. The Kier molecular flexibility index (Phi) is 5.10. The topological polar surface area (TPSA) is 117 Å². The van der Waals surface area contributed by atoms with E-state index in [1.807, 2.05) is 62.5 Å². The number of hydrogen-bond donors (Lipinski definition) is 4. The molecule has 0 unspecified atom stereocenters. The summed E-state index contributed by atoms with van der Waals surface area (Å²) in [7, 11) is 0. The number of nitrogens with one attached hydrogen (secondary N) is 3. The molecule has 0 aliphatic heterocycles. The Morgan fingerprint density at radius 2 is 1.61 bits per heavy atom. The number of H-pyrrole nitrogens is 1. The average Bonchev–Trinajstić information content (AvgIpc) is 3.20. The van der Waals surface area contributed by atoms with Crippen molar-refractivity contribution >= 4 is 39.9 Å². The van der Waals surface area contributed by atoms with Gasteiger partial charge in [0.05, 0.1) is 11.0 Å². The van der Waals surface area contributed by atoms with Crippen LogP contribution in [0.4, 0.5) is 28.8 Å². The van der Waals surface area contributed by atoms with E-state index >= 15 is 0 Å². The van der Waals surface area contributed by atoms with Crippen LogP contribution in [0.3, 0.4) is 0 Å². The predicted molar refractivity (Wildman–Crippen MR) is 133 cm³/mol. The number of aromatic amines is 1. The summed E-state index contributed by atoms with van der Waals surface area (Å²) in [6.45, 7) is 5.96. The second-order valence-corrected chi connectivity index (χ2v) is 7.97. The highest BCUT2D eigenvalue weighted by atomic mass is 15.1. The van der Waals surface area contributed by atoms with Gasteiger partial charge < -0.3 is 21.4 Å². The maximum Gasteiger partial charge on any atom is 0.222 e. The molecule has 0 saturated carbocycles. The van der Waals surface area contributed by atoms with E-state index in [1.165, 1.54) is 0 Å². The van der Waals surface area contributed by atoms with Gasteiger partial charge in [-0.05, 0) is 74.9 Å². The molecule has 0 atom stereocenters. The first kappa shape index (κ1) is 20.4. The van der Waals surface area contributed by atoms with Crippen LogP contribution in [0.15, 0.2) is 60.8 Å². The molecule has 0 spiro atoms. The Hall–Kier alpha value is -4.46. The number of imidazole rings is 1. The van der Waals surface area contributed by atoms with Gasteiger partial charge in [-0.3, -0.25) is 4.98 Å². The van der Waals surface area contributed by atoms with E-state index in [9.17, 15) is 0 Å². The Labute approximate surface area is 191 Å². The molecule has 33 heavy (non-hydrogen) atoms. The lowest BCUT2D eigenvalue weighted by molar-refractivity contribution is 1.12. The van der Waals surface area contributed by atoms with Crippen LogP contribution in [0.5, 0.6) is 0 Å². The molecule has 3 heterocycles. The predicted octanol–water partition coefficient (Wildman–Crippen LogP) is 5.41. The number of rotatable bonds is 5. The van der Waals surface area contributed by atoms with Gasteiger partial charge in [0.15, 0.2) is 0 Å². The van der Waals surface area contributed by atoms with Gasteiger partial charge in [0.1, 0.15) is 11.6 Å². The van der Waals surface area contributed by atoms with E-state index in [1.54, 1.807) is 0 Å². The minimum atomic E-state index is 0.243. The van der Waals surface area contributed by atoms with Crippen LogP contribution in [-0.2, 0) is 0 Å². The zero-order chi connectivity index (χ0) is 22.9. The van der Waals surface area contributed by atoms with Gasteiger partial charge in [-0.25, -0.2) is 9.97 Å². The summed E-state index contributed by atoms with van der Waals surface area (Å²) in [6.07, 6.45) is 1.82. The van der Waals surface area contributed by atoms with Gasteiger partial charge in [-0.15, -0.1) is 0 Å². The lowest BCUT2D eigenvalue weighted by Gasteiger charge is -2.11. The van der Waals surface area contributed by atoms with Crippen LogP contribution in [0, 0.1) is 20.8 Å². The van der Waals surface area contributed by atoms with Crippen LogP contribution < -0.4 is 16.4 Å². The second-order valence-electron chi connectivity index (χ2n) is 7.97. The molecule has 8 nitrogen and oxygen atoms in total. The largest absolute Gasteiger partial charge is 0.368 e. The van der Waals surface area contributed by atoms with E-state index in [-0.39, 0.29) is 5.95 Å². The summed E-state index contributed by atoms with van der Waals surface area (Å²) in [4.78, 5) is 20.8. The second kappa shape index (κ2) is 8.23. The summed E-state index contributed by atoms with van der Waals surface area (Å²) in [5, 5.41) is 6.73. The number of pyridine rings is 1. The Bertz CT molecular complexity index is 1430. The van der Waals surface area contributed by atoms with Crippen molar-refractivity contribution in [2.24, 2.45) is 0 Å². The van der Waals surface area contributed by atoms with Crippen molar-refractivity contribution in [2.75, 3.05) is 16.4 Å². The number of fused-ring (bicyclic) bond motifs is 1. The molecule has 0 radical (unpaired) electrons. The monoisotopic (exact) mass is 436 g/mol. The molecule has 2 aromatic carbocycles. The van der Waals surface area contributed by atoms with Crippen molar-refractivity contribution in [1.82, 2.24) is 24.9 Å². The lowest BCUT2D eigenvalue weighted by Crippen LogP contribution is -2.01. The van der Waals surface area contributed by atoms with E-state index in [0.717, 1.165) is 56.4 Å². The Morgan fingerprint density at radius 3 is 2.39 bits per heavy atom. The van der Waals surface area contributed by atoms with Crippen molar-refractivity contribution in [3.8, 4) is 11.4 Å². The quantitative estimate of drug-likeness (QED) is 0.291. The first-order valence-electron chi connectivity index (χ1n) is 10.6. The van der Waals surface area contributed by atoms with Gasteiger partial charge in [0.2, 0.25) is 5.95 Å². The van der Waals surface area contributed by atoms with Crippen LogP contribution in [0.1, 0.15) is 17.0 Å². The first-order valence-corrected chi connectivity index (χ1v) is 10.6. The molecule has 0 bridgehead atoms. The fraction of sp³-hybridized carbons (Fsp3) is 0.120. The number of nitrogens with two attached hydrogens (primary N) is 1. The number of nitrogens with zero attached hydrogens (tertiary/aromatic N) is 4. The van der Waals surface area contributed by atoms with Gasteiger partial charge in [-0.2, -0.15) is 4.98 Å². The highest BCUT2D eigenvalue weighted by Crippen LogP contribution is 2.27. The van der Waals surface area contributed by atoms with E-state index < -0.39 is 0 Å². The summed E-state index contributed by atoms with van der Waals surface area (Å²) in [5.41, 5.74) is 14.5. The molecule has 5 rings (SSSR count). The third kappa shape index (κ3) is 4.31. The van der Waals surface area contributed by atoms with E-state index in [0.29, 0.717) is 5.82 Å². The third-order valence-corrected chi connectivity index (χ3v) is 5.52. The normalized spacial score (nSPS) is 11.0. The molecule has 0 aliphatic rings. The minimum Gasteiger partial charge on any atom is -0.368 e. The van der Waals surface area contributed by atoms with Crippen molar-refractivity contribution in [1.29, 1.82) is 0 Å². The lowest BCUT2D eigenvalue weighted by atomic mass is 10.1. The Morgan fingerprint density at radius 1 is 0.818 bits per heavy atom. The van der Waals surface area contributed by atoms with Crippen molar-refractivity contribution in [2.45, 2.75) is 20.8 Å². The average molecular weight is 437 g/mol. The molecular weight excluding hydrogens is 412 g/mol. The summed E-state index contributed by atoms with van der Waals surface area (Å²) in [6, 6.07) is 18.0. The first-order chi connectivity index (χ1) is 15.9. The van der Waals surface area contributed by atoms with Gasteiger partial charge in [-0.1, -0.05) is 0 Å². The van der Waals surface area contributed by atoms with E-state index in [2.05, 4.69) is 49.6 Å². The van der Waals surface area contributed by atoms with Crippen LogP contribution >= 0.6 is 0 Å². The van der Waals surface area contributed by atoms with Crippen LogP contribution in [0.2, 0.25) is 0 Å². The Balaban J connectivity index is 1.37. The number of nitrogen functional groups attached to an aromatic ring is 1. The number of aromatic nitrogens is 5. The molecule has 0 saturated heterocycles. The zero-order valence-corrected chi connectivity index (χ0v) is 18.6. The molecule has 3 aromatic heterocycles. The number of benzene rings is 2. The molecule has 0 fully saturated rings. The smallest absolute Gasteiger partial charge is 0.222 e. The molecule has 5 aromatic rings. The molecule has 164 valence electrons. The summed E-state index contributed by atoms with van der Waals surface area (Å²) >= 11 is 0. The summed E-state index contributed by atoms with van der Waals surface area (Å²) < 4.78 is 0. The van der Waals surface area contributed by atoms with Gasteiger partial charge >= 0.3 is 0 Å². The van der Waals surface area contributed by atoms with Crippen molar-refractivity contribution in [3.05, 3.63) is 77.7 Å². The highest BCUT2D eigenvalue weighted by molar-refractivity contribution is 5.83. The number of hydrogen-bond acceptors (Lipinski definition) is 7. The zero-order valence-electron chi connectivity index (χ0n) is 18.6. The third-order valence-electron chi connectivity index (χ3n) is 5.52. The summed E-state index contributed by atoms with van der Waals surface area (Å²) in [5.74, 6) is 1.71.